The second kappa shape index (κ2) is 1.95. The highest BCUT2D eigenvalue weighted by Gasteiger charge is 2.61. The van der Waals surface area contributed by atoms with Crippen LogP contribution in [0.1, 0.15) is 13.8 Å². The fourth-order valence-corrected chi connectivity index (χ4v) is 1.62. The Hall–Kier alpha value is -0.610. The predicted octanol–water partition coefficient (Wildman–Crippen LogP) is -0.791. The first-order valence-corrected chi connectivity index (χ1v) is 3.81. The predicted molar refractivity (Wildman–Crippen MR) is 38.9 cm³/mol. The Labute approximate surface area is 65.3 Å². The highest BCUT2D eigenvalue weighted by Crippen LogP contribution is 2.34. The van der Waals surface area contributed by atoms with Gasteiger partial charge in [0.1, 0.15) is 0 Å². The number of hydrogen-bond donors (Lipinski definition) is 2. The highest BCUT2D eigenvalue weighted by molar-refractivity contribution is 5.66. The molecule has 62 valence electrons. The third kappa shape index (κ3) is 0.937. The van der Waals surface area contributed by atoms with Crippen molar-refractivity contribution in [2.24, 2.45) is 0 Å². The van der Waals surface area contributed by atoms with Crippen LogP contribution in [-0.2, 0) is 9.53 Å². The van der Waals surface area contributed by atoms with Crippen LogP contribution in [0, 0.1) is 0 Å². The van der Waals surface area contributed by atoms with Crippen molar-refractivity contribution in [1.29, 1.82) is 0 Å². The lowest BCUT2D eigenvalue weighted by atomic mass is 10.1. The van der Waals surface area contributed by atoms with Gasteiger partial charge >= 0.3 is 5.97 Å². The molecule has 2 aliphatic rings. The number of piperazine rings is 1. The number of ether oxygens (including phenoxy) is 1. The van der Waals surface area contributed by atoms with Crippen LogP contribution in [0.2, 0.25) is 0 Å². The van der Waals surface area contributed by atoms with Gasteiger partial charge in [-0.05, 0) is 6.92 Å². The zero-order valence-corrected chi connectivity index (χ0v) is 6.68. The summed E-state index contributed by atoms with van der Waals surface area (Å²) in [6, 6.07) is 0.492. The van der Waals surface area contributed by atoms with Crippen molar-refractivity contribution in [2.75, 3.05) is 6.54 Å². The van der Waals surface area contributed by atoms with Crippen LogP contribution in [0.15, 0.2) is 0 Å². The summed E-state index contributed by atoms with van der Waals surface area (Å²) in [6.45, 7) is 4.39. The Kier molecular flexibility index (Phi) is 1.25. The largest absolute Gasteiger partial charge is 0.445 e. The molecule has 0 aliphatic carbocycles. The van der Waals surface area contributed by atoms with E-state index in [9.17, 15) is 4.79 Å². The smallest absolute Gasteiger partial charge is 0.304 e. The number of carbonyl (C=O) groups excluding carboxylic acids is 1. The highest BCUT2D eigenvalue weighted by atomic mass is 16.6. The standard InChI is InChI=1S/C7H12N2O2/c1-4(10)11-6-7(2)5(9-7)3-8-6/h5-6,8-9H,3H2,1-2H3. The molecule has 0 aromatic rings. The Morgan fingerprint density at radius 1 is 1.73 bits per heavy atom. The molecular formula is C7H12N2O2. The number of esters is 1. The zero-order valence-electron chi connectivity index (χ0n) is 6.68. The molecule has 2 heterocycles. The van der Waals surface area contributed by atoms with Crippen LogP contribution in [0.4, 0.5) is 0 Å². The second-order valence-electron chi connectivity index (χ2n) is 3.38. The molecule has 2 fully saturated rings. The maximum absolute atomic E-state index is 10.6. The number of rotatable bonds is 1. The molecular weight excluding hydrogens is 144 g/mol. The molecule has 0 aromatic carbocycles. The van der Waals surface area contributed by atoms with Gasteiger partial charge in [-0.15, -0.1) is 0 Å². The first-order valence-electron chi connectivity index (χ1n) is 3.81. The number of carbonyl (C=O) groups is 1. The van der Waals surface area contributed by atoms with Gasteiger partial charge in [0.25, 0.3) is 0 Å². The number of hydrogen-bond acceptors (Lipinski definition) is 4. The molecule has 2 rings (SSSR count). The van der Waals surface area contributed by atoms with E-state index in [2.05, 4.69) is 17.6 Å². The van der Waals surface area contributed by atoms with E-state index < -0.39 is 0 Å². The summed E-state index contributed by atoms with van der Waals surface area (Å²) in [5.41, 5.74) is 0.00562. The average molecular weight is 156 g/mol. The molecule has 3 unspecified atom stereocenters. The fourth-order valence-electron chi connectivity index (χ4n) is 1.62. The molecule has 0 bridgehead atoms. The quantitative estimate of drug-likeness (QED) is 0.386. The summed E-state index contributed by atoms with van der Waals surface area (Å²) in [5.74, 6) is -0.224. The van der Waals surface area contributed by atoms with Gasteiger partial charge in [0.2, 0.25) is 0 Å². The van der Waals surface area contributed by atoms with E-state index in [1.165, 1.54) is 6.92 Å². The monoisotopic (exact) mass is 156 g/mol. The van der Waals surface area contributed by atoms with Crippen LogP contribution in [0.5, 0.6) is 0 Å². The van der Waals surface area contributed by atoms with Gasteiger partial charge in [-0.25, -0.2) is 0 Å². The van der Waals surface area contributed by atoms with Crippen LogP contribution in [-0.4, -0.2) is 30.3 Å². The molecule has 0 radical (unpaired) electrons. The van der Waals surface area contributed by atoms with Gasteiger partial charge in [0, 0.05) is 19.5 Å². The maximum atomic E-state index is 10.6. The SMILES string of the molecule is CC(=O)OC1NCC2NC21C. The minimum absolute atomic E-state index is 0.00562. The Morgan fingerprint density at radius 3 is 2.82 bits per heavy atom. The molecule has 4 heteroatoms. The van der Waals surface area contributed by atoms with Gasteiger partial charge in [0.15, 0.2) is 6.23 Å². The second-order valence-corrected chi connectivity index (χ2v) is 3.38. The van der Waals surface area contributed by atoms with E-state index in [0.717, 1.165) is 6.54 Å². The van der Waals surface area contributed by atoms with Gasteiger partial charge < -0.3 is 4.74 Å². The van der Waals surface area contributed by atoms with E-state index in [1.807, 2.05) is 0 Å². The van der Waals surface area contributed by atoms with Gasteiger partial charge in [0.05, 0.1) is 5.54 Å². The summed E-state index contributed by atoms with van der Waals surface area (Å²) in [4.78, 5) is 10.6. The van der Waals surface area contributed by atoms with Crippen molar-refractivity contribution in [1.82, 2.24) is 10.6 Å². The molecule has 0 saturated carbocycles. The zero-order chi connectivity index (χ0) is 8.06. The van der Waals surface area contributed by atoms with E-state index >= 15 is 0 Å². The van der Waals surface area contributed by atoms with Crippen molar-refractivity contribution >= 4 is 5.97 Å². The maximum Gasteiger partial charge on any atom is 0.304 e. The Morgan fingerprint density at radius 2 is 2.45 bits per heavy atom. The van der Waals surface area contributed by atoms with E-state index in [4.69, 9.17) is 4.74 Å². The average Bonchev–Trinajstić information content (AvgIpc) is 2.47. The van der Waals surface area contributed by atoms with Crippen LogP contribution in [0.3, 0.4) is 0 Å². The molecule has 0 aromatic heterocycles. The lowest BCUT2D eigenvalue weighted by molar-refractivity contribution is -0.148. The lowest BCUT2D eigenvalue weighted by Gasteiger charge is -2.18. The number of nitrogens with one attached hydrogen (secondary N) is 2. The summed E-state index contributed by atoms with van der Waals surface area (Å²) in [7, 11) is 0. The number of fused-ring (bicyclic) bond motifs is 1. The van der Waals surface area contributed by atoms with Crippen molar-refractivity contribution in [3.8, 4) is 0 Å². The van der Waals surface area contributed by atoms with Crippen LogP contribution >= 0.6 is 0 Å². The van der Waals surface area contributed by atoms with Gasteiger partial charge in [-0.3, -0.25) is 15.4 Å². The van der Waals surface area contributed by atoms with Crippen molar-refractivity contribution < 1.29 is 9.53 Å². The van der Waals surface area contributed by atoms with E-state index in [0.29, 0.717) is 6.04 Å². The fraction of sp³-hybridized carbons (Fsp3) is 0.857. The third-order valence-electron chi connectivity index (χ3n) is 2.46. The molecule has 11 heavy (non-hydrogen) atoms. The van der Waals surface area contributed by atoms with E-state index in [-0.39, 0.29) is 17.7 Å². The van der Waals surface area contributed by atoms with Gasteiger partial charge in [-0.1, -0.05) is 0 Å². The molecule has 2 N–H and O–H groups in total. The Balaban J connectivity index is 1.99. The minimum atomic E-state index is -0.224. The summed E-state index contributed by atoms with van der Waals surface area (Å²) >= 11 is 0. The van der Waals surface area contributed by atoms with Crippen molar-refractivity contribution in [3.05, 3.63) is 0 Å². The lowest BCUT2D eigenvalue weighted by Crippen LogP contribution is -2.41. The Bertz CT molecular complexity index is 205. The van der Waals surface area contributed by atoms with Gasteiger partial charge in [-0.2, -0.15) is 0 Å². The molecule has 4 nitrogen and oxygen atoms in total. The first kappa shape index (κ1) is 7.06. The molecule has 3 atom stereocenters. The molecule has 2 saturated heterocycles. The normalized spacial score (nSPS) is 46.7. The minimum Gasteiger partial charge on any atom is -0.445 e. The van der Waals surface area contributed by atoms with Crippen molar-refractivity contribution in [2.45, 2.75) is 31.7 Å². The topological polar surface area (TPSA) is 60.3 Å². The first-order chi connectivity index (χ1) is 5.13. The molecule has 0 spiro atoms. The molecule has 0 amide bonds. The van der Waals surface area contributed by atoms with Crippen molar-refractivity contribution in [3.63, 3.8) is 0 Å². The molecule has 2 aliphatic heterocycles. The van der Waals surface area contributed by atoms with Crippen LogP contribution < -0.4 is 10.6 Å². The summed E-state index contributed by atoms with van der Waals surface area (Å²) in [6.07, 6.45) is -0.134. The van der Waals surface area contributed by atoms with E-state index in [1.54, 1.807) is 0 Å². The van der Waals surface area contributed by atoms with Crippen LogP contribution in [0.25, 0.3) is 0 Å². The summed E-state index contributed by atoms with van der Waals surface area (Å²) in [5, 5.41) is 6.38. The third-order valence-corrected chi connectivity index (χ3v) is 2.46. The summed E-state index contributed by atoms with van der Waals surface area (Å²) < 4.78 is 5.06.